The van der Waals surface area contributed by atoms with Crippen molar-refractivity contribution in [2.75, 3.05) is 0 Å². The second-order valence-corrected chi connectivity index (χ2v) is 8.87. The number of aromatic nitrogens is 4. The van der Waals surface area contributed by atoms with Crippen molar-refractivity contribution in [1.29, 1.82) is 0 Å². The fraction of sp³-hybridized carbons (Fsp3) is 0.192. The predicted octanol–water partition coefficient (Wildman–Crippen LogP) is 5.18. The van der Waals surface area contributed by atoms with Gasteiger partial charge in [0.05, 0.1) is 16.6 Å². The van der Waals surface area contributed by atoms with E-state index in [1.165, 1.54) is 6.07 Å². The smallest absolute Gasteiger partial charge is 0.439 e. The zero-order valence-corrected chi connectivity index (χ0v) is 18.8. The largest absolute Gasteiger partial charge is 0.441 e. The quantitative estimate of drug-likeness (QED) is 0.324. The van der Waals surface area contributed by atoms with Crippen molar-refractivity contribution in [2.24, 2.45) is 0 Å². The number of hydrogen-bond acceptors (Lipinski definition) is 6. The van der Waals surface area contributed by atoms with E-state index in [9.17, 15) is 14.3 Å². The molecule has 3 heterocycles. The van der Waals surface area contributed by atoms with E-state index in [4.69, 9.17) is 4.74 Å². The van der Waals surface area contributed by atoms with Crippen molar-refractivity contribution in [3.05, 3.63) is 82.1 Å². The molecule has 3 N–H and O–H groups in total. The molecule has 1 aliphatic rings. The fourth-order valence-electron chi connectivity index (χ4n) is 4.39. The minimum Gasteiger partial charge on any atom is -0.441 e. The first-order valence-corrected chi connectivity index (χ1v) is 11.3. The van der Waals surface area contributed by atoms with Crippen molar-refractivity contribution in [2.45, 2.75) is 31.8 Å². The van der Waals surface area contributed by atoms with E-state index in [1.807, 2.05) is 25.1 Å². The van der Waals surface area contributed by atoms with Gasteiger partial charge in [0.25, 0.3) is 0 Å². The molecule has 0 atom stereocenters. The van der Waals surface area contributed by atoms with E-state index in [1.54, 1.807) is 30.3 Å². The van der Waals surface area contributed by atoms with Gasteiger partial charge in [-0.3, -0.25) is 9.51 Å². The number of nitrogens with one attached hydrogen (secondary N) is 2. The van der Waals surface area contributed by atoms with E-state index >= 15 is 0 Å². The first-order valence-electron chi connectivity index (χ1n) is 11.3. The van der Waals surface area contributed by atoms with Crippen LogP contribution in [-0.2, 0) is 5.60 Å². The lowest BCUT2D eigenvalue weighted by atomic mass is 9.75. The van der Waals surface area contributed by atoms with Gasteiger partial charge in [0.2, 0.25) is 0 Å². The molecule has 0 spiro atoms. The fourth-order valence-corrected chi connectivity index (χ4v) is 4.39. The van der Waals surface area contributed by atoms with Gasteiger partial charge in [-0.2, -0.15) is 0 Å². The molecule has 9 heteroatoms. The maximum atomic E-state index is 14.9. The third-order valence-electron chi connectivity index (χ3n) is 6.54. The van der Waals surface area contributed by atoms with Crippen molar-refractivity contribution in [1.82, 2.24) is 20.1 Å². The Bertz CT molecular complexity index is 1610. The number of fused-ring (bicyclic) bond motifs is 1. The maximum absolute atomic E-state index is 14.9. The first-order chi connectivity index (χ1) is 16.9. The average molecular weight is 472 g/mol. The molecular weight excluding hydrogens is 451 g/mol. The zero-order valence-electron chi connectivity index (χ0n) is 18.8. The lowest BCUT2D eigenvalue weighted by Crippen LogP contribution is -2.33. The molecule has 1 saturated carbocycles. The van der Waals surface area contributed by atoms with Gasteiger partial charge in [-0.25, -0.2) is 14.2 Å². The Kier molecular flexibility index (Phi) is 4.82. The number of rotatable bonds is 5. The third-order valence-corrected chi connectivity index (χ3v) is 6.54. The van der Waals surface area contributed by atoms with Crippen LogP contribution in [-0.4, -0.2) is 25.2 Å². The molecule has 0 unspecified atom stereocenters. The molecule has 8 nitrogen and oxygen atoms in total. The SMILES string of the molecule is Cc1ccc(Oc2cc3nc(-c4ccc(C5(O)CCC5)cc4)c(F)cc3[nH]2)cc1-c1noc(=O)[nH]1. The van der Waals surface area contributed by atoms with E-state index < -0.39 is 17.2 Å². The highest BCUT2D eigenvalue weighted by molar-refractivity contribution is 5.81. The van der Waals surface area contributed by atoms with Crippen LogP contribution in [0, 0.1) is 12.7 Å². The number of aliphatic hydroxyl groups is 1. The number of H-pyrrole nitrogens is 2. The number of aromatic amines is 2. The van der Waals surface area contributed by atoms with Crippen molar-refractivity contribution < 1.29 is 18.8 Å². The summed E-state index contributed by atoms with van der Waals surface area (Å²) in [5, 5.41) is 14.3. The van der Waals surface area contributed by atoms with Crippen molar-refractivity contribution >= 4 is 11.0 Å². The average Bonchev–Trinajstić information content (AvgIpc) is 3.43. The van der Waals surface area contributed by atoms with Crippen molar-refractivity contribution in [3.63, 3.8) is 0 Å². The van der Waals surface area contributed by atoms with Gasteiger partial charge in [-0.15, -0.1) is 0 Å². The van der Waals surface area contributed by atoms with Gasteiger partial charge in [-0.05, 0) is 49.4 Å². The predicted molar refractivity (Wildman–Crippen MR) is 127 cm³/mol. The van der Waals surface area contributed by atoms with E-state index in [0.29, 0.717) is 39.6 Å². The monoisotopic (exact) mass is 472 g/mol. The molecule has 2 aromatic carbocycles. The number of aryl methyl sites for hydroxylation is 1. The summed E-state index contributed by atoms with van der Waals surface area (Å²) in [6.07, 6.45) is 2.50. The van der Waals surface area contributed by atoms with Crippen LogP contribution in [0.5, 0.6) is 11.6 Å². The second-order valence-electron chi connectivity index (χ2n) is 8.87. The summed E-state index contributed by atoms with van der Waals surface area (Å²) in [5.74, 6) is 0.0760. The highest BCUT2D eigenvalue weighted by Crippen LogP contribution is 2.41. The summed E-state index contributed by atoms with van der Waals surface area (Å²) in [7, 11) is 0. The van der Waals surface area contributed by atoms with Crippen LogP contribution in [0.1, 0.15) is 30.4 Å². The summed E-state index contributed by atoms with van der Waals surface area (Å²) in [4.78, 5) is 21.4. The van der Waals surface area contributed by atoms with Crippen LogP contribution in [0.2, 0.25) is 0 Å². The molecule has 0 radical (unpaired) electrons. The number of nitrogens with zero attached hydrogens (tertiary/aromatic N) is 2. The molecule has 35 heavy (non-hydrogen) atoms. The van der Waals surface area contributed by atoms with Crippen LogP contribution in [0.4, 0.5) is 4.39 Å². The van der Waals surface area contributed by atoms with Gasteiger partial charge in [-0.1, -0.05) is 35.5 Å². The topological polar surface area (TPSA) is 117 Å². The lowest BCUT2D eigenvalue weighted by molar-refractivity contribution is -0.0387. The molecule has 0 bridgehead atoms. The molecule has 6 rings (SSSR count). The van der Waals surface area contributed by atoms with E-state index in [0.717, 1.165) is 30.4 Å². The molecular formula is C26H21FN4O4. The Morgan fingerprint density at radius 2 is 1.89 bits per heavy atom. The third kappa shape index (κ3) is 3.79. The molecule has 1 aliphatic carbocycles. The molecule has 0 aliphatic heterocycles. The lowest BCUT2D eigenvalue weighted by Gasteiger charge is -2.37. The zero-order chi connectivity index (χ0) is 24.2. The minimum absolute atomic E-state index is 0.225. The normalized spacial score (nSPS) is 14.7. The molecule has 0 amide bonds. The highest BCUT2D eigenvalue weighted by Gasteiger charge is 2.36. The molecule has 176 valence electrons. The van der Waals surface area contributed by atoms with Crippen LogP contribution in [0.25, 0.3) is 33.7 Å². The summed E-state index contributed by atoms with van der Waals surface area (Å²) < 4.78 is 25.5. The van der Waals surface area contributed by atoms with E-state index in [2.05, 4.69) is 24.6 Å². The number of pyridine rings is 1. The van der Waals surface area contributed by atoms with Gasteiger partial charge >= 0.3 is 5.76 Å². The van der Waals surface area contributed by atoms with Crippen LogP contribution in [0.3, 0.4) is 0 Å². The van der Waals surface area contributed by atoms with Crippen molar-refractivity contribution in [3.8, 4) is 34.3 Å². The van der Waals surface area contributed by atoms with Gasteiger partial charge < -0.3 is 14.8 Å². The molecule has 3 aromatic heterocycles. The van der Waals surface area contributed by atoms with Gasteiger partial charge in [0, 0.05) is 23.3 Å². The molecule has 5 aromatic rings. The van der Waals surface area contributed by atoms with Gasteiger partial charge in [0.15, 0.2) is 17.5 Å². The molecule has 1 fully saturated rings. The Morgan fingerprint density at radius 3 is 2.57 bits per heavy atom. The molecule has 0 saturated heterocycles. The summed E-state index contributed by atoms with van der Waals surface area (Å²) in [5.41, 5.74) is 3.51. The Balaban J connectivity index is 1.29. The summed E-state index contributed by atoms with van der Waals surface area (Å²) in [6.45, 7) is 1.88. The second kappa shape index (κ2) is 7.92. The number of hydrogen-bond donors (Lipinski definition) is 3. The Morgan fingerprint density at radius 1 is 1.09 bits per heavy atom. The van der Waals surface area contributed by atoms with Crippen LogP contribution in [0.15, 0.2) is 63.9 Å². The Labute approximate surface area is 198 Å². The Hall–Kier alpha value is -4.24. The van der Waals surface area contributed by atoms with E-state index in [-0.39, 0.29) is 5.69 Å². The summed E-state index contributed by atoms with van der Waals surface area (Å²) >= 11 is 0. The standard InChI is InChI=1S/C26H21FN4O4/c1-14-3-8-17(11-18(14)24-30-25(32)35-31-24)34-22-13-21-20(28-22)12-19(27)23(29-21)15-4-6-16(7-5-15)26(33)9-2-10-26/h3-8,11-13,28,33H,2,9-10H2,1H3,(H,30,31,32). The maximum Gasteiger partial charge on any atom is 0.439 e. The van der Waals surface area contributed by atoms with Crippen LogP contribution >= 0.6 is 0 Å². The highest BCUT2D eigenvalue weighted by atomic mass is 19.1. The van der Waals surface area contributed by atoms with Gasteiger partial charge in [0.1, 0.15) is 11.4 Å². The number of ether oxygens (including phenoxy) is 1. The number of benzene rings is 2. The number of halogens is 1. The minimum atomic E-state index is -0.764. The first kappa shape index (κ1) is 21.3. The van der Waals surface area contributed by atoms with Crippen LogP contribution < -0.4 is 10.5 Å². The summed E-state index contributed by atoms with van der Waals surface area (Å²) in [6, 6.07) is 15.7.